The van der Waals surface area contributed by atoms with E-state index in [2.05, 4.69) is 30.9 Å². The van der Waals surface area contributed by atoms with E-state index in [1.807, 2.05) is 24.3 Å². The third kappa shape index (κ3) is 2.18. The van der Waals surface area contributed by atoms with Crippen LogP contribution in [0.25, 0.3) is 0 Å². The summed E-state index contributed by atoms with van der Waals surface area (Å²) < 4.78 is 15.8. The van der Waals surface area contributed by atoms with Gasteiger partial charge in [0.1, 0.15) is 0 Å². The zero-order valence-corrected chi connectivity index (χ0v) is 15.1. The van der Waals surface area contributed by atoms with Crippen molar-refractivity contribution in [2.75, 3.05) is 4.90 Å². The number of nitrogens with zero attached hydrogens (tertiary/aromatic N) is 1. The first-order valence-corrected chi connectivity index (χ1v) is 9.48. The minimum absolute atomic E-state index is 0.0752. The monoisotopic (exact) mass is 385 g/mol. The molecule has 0 N–H and O–H groups in total. The second kappa shape index (κ2) is 5.44. The van der Waals surface area contributed by atoms with Crippen molar-refractivity contribution in [2.24, 2.45) is 0 Å². The molecule has 0 saturated carbocycles. The molecule has 1 aromatic heterocycles. The molecule has 0 saturated heterocycles. The normalized spacial score (nSPS) is 14.9. The second-order valence-electron chi connectivity index (χ2n) is 6.44. The Morgan fingerprint density at radius 3 is 2.58 bits per heavy atom. The number of hydrogen-bond acceptors (Lipinski definition) is 2. The van der Waals surface area contributed by atoms with Gasteiger partial charge in [-0.25, -0.2) is 0 Å². The van der Waals surface area contributed by atoms with Crippen LogP contribution in [0, 0.1) is 5.82 Å². The molecule has 4 rings (SSSR count). The Morgan fingerprint density at radius 2 is 1.83 bits per heavy atom. The molecule has 0 unspecified atom stereocenters. The second-order valence-corrected chi connectivity index (χ2v) is 8.67. The van der Waals surface area contributed by atoms with Crippen LogP contribution in [0.15, 0.2) is 54.6 Å². The zero-order valence-electron chi connectivity index (χ0n) is 13.4. The Morgan fingerprint density at radius 1 is 1.04 bits per heavy atom. The third-order valence-corrected chi connectivity index (χ3v) is 6.80. The number of hydrogen-bond donors (Lipinski definition) is 0. The van der Waals surface area contributed by atoms with E-state index in [4.69, 9.17) is 0 Å². The standard InChI is InChI=1S/C20H16FNOSe/c1-20(2)16-8-3-4-9-18(16)22(14-7-5-6-13(21)10-14)19-17(20)11-15(12-23)24-19/h3-12H,1-2H3. The average molecular weight is 384 g/mol. The van der Waals surface area contributed by atoms with E-state index < -0.39 is 0 Å². The van der Waals surface area contributed by atoms with E-state index in [-0.39, 0.29) is 25.7 Å². The molecule has 0 radical (unpaired) electrons. The summed E-state index contributed by atoms with van der Waals surface area (Å²) in [4.78, 5) is 13.5. The first-order valence-electron chi connectivity index (χ1n) is 7.77. The van der Waals surface area contributed by atoms with E-state index in [1.54, 1.807) is 12.1 Å². The number of carbonyl (C=O) groups excluding carboxylic acids is 1. The predicted octanol–water partition coefficient (Wildman–Crippen LogP) is 4.80. The fourth-order valence-corrected chi connectivity index (χ4v) is 5.84. The van der Waals surface area contributed by atoms with Crippen LogP contribution in [0.2, 0.25) is 0 Å². The summed E-state index contributed by atoms with van der Waals surface area (Å²) in [5.74, 6) is -0.258. The van der Waals surface area contributed by atoms with Gasteiger partial charge in [0, 0.05) is 0 Å². The number of aldehydes is 1. The van der Waals surface area contributed by atoms with Gasteiger partial charge < -0.3 is 0 Å². The number of benzene rings is 2. The van der Waals surface area contributed by atoms with Crippen molar-refractivity contribution in [1.82, 2.24) is 0 Å². The molecule has 0 spiro atoms. The molecule has 2 aromatic carbocycles. The quantitative estimate of drug-likeness (QED) is 0.467. The summed E-state index contributed by atoms with van der Waals surface area (Å²) in [7, 11) is 0. The molecule has 1 aliphatic heterocycles. The van der Waals surface area contributed by atoms with Gasteiger partial charge in [-0.15, -0.1) is 0 Å². The summed E-state index contributed by atoms with van der Waals surface area (Å²) >= 11 is -0.0752. The summed E-state index contributed by atoms with van der Waals surface area (Å²) in [5.41, 5.74) is 4.03. The van der Waals surface area contributed by atoms with Gasteiger partial charge in [0.25, 0.3) is 0 Å². The first kappa shape index (κ1) is 15.4. The molecule has 2 heterocycles. The van der Waals surface area contributed by atoms with Crippen molar-refractivity contribution in [3.05, 3.63) is 76.0 Å². The number of rotatable bonds is 2. The Hall–Kier alpha value is -2.16. The van der Waals surface area contributed by atoms with Crippen molar-refractivity contribution in [2.45, 2.75) is 19.3 Å². The van der Waals surface area contributed by atoms with E-state index in [0.29, 0.717) is 0 Å². The van der Waals surface area contributed by atoms with Gasteiger partial charge in [0.2, 0.25) is 0 Å². The molecular formula is C20H16FNOSe. The molecule has 3 aromatic rings. The maximum absolute atomic E-state index is 13.8. The first-order chi connectivity index (χ1) is 11.5. The summed E-state index contributed by atoms with van der Waals surface area (Å²) in [5, 5.41) is 0. The van der Waals surface area contributed by atoms with Crippen LogP contribution in [-0.4, -0.2) is 20.8 Å². The Kier molecular flexibility index (Phi) is 3.48. The predicted molar refractivity (Wildman–Crippen MR) is 95.5 cm³/mol. The van der Waals surface area contributed by atoms with Crippen LogP contribution in [0.3, 0.4) is 0 Å². The topological polar surface area (TPSA) is 20.3 Å². The minimum atomic E-state index is -0.258. The van der Waals surface area contributed by atoms with Gasteiger partial charge in [0.15, 0.2) is 0 Å². The molecule has 0 fully saturated rings. The third-order valence-electron chi connectivity index (χ3n) is 4.61. The van der Waals surface area contributed by atoms with Gasteiger partial charge in [-0.2, -0.15) is 0 Å². The number of halogens is 1. The molecule has 24 heavy (non-hydrogen) atoms. The Labute approximate surface area is 146 Å². The molecule has 1 aliphatic rings. The maximum atomic E-state index is 13.8. The Bertz CT molecular complexity index is 944. The van der Waals surface area contributed by atoms with E-state index in [0.717, 1.165) is 32.2 Å². The molecule has 4 heteroatoms. The van der Waals surface area contributed by atoms with Gasteiger partial charge in [-0.3, -0.25) is 0 Å². The van der Waals surface area contributed by atoms with E-state index in [1.165, 1.54) is 11.6 Å². The summed E-state index contributed by atoms with van der Waals surface area (Å²) in [6.45, 7) is 4.37. The van der Waals surface area contributed by atoms with Crippen molar-refractivity contribution in [1.29, 1.82) is 0 Å². The van der Waals surface area contributed by atoms with Crippen molar-refractivity contribution < 1.29 is 9.18 Å². The molecule has 0 atom stereocenters. The average Bonchev–Trinajstić information content (AvgIpc) is 3.00. The fourth-order valence-electron chi connectivity index (χ4n) is 3.40. The van der Waals surface area contributed by atoms with Gasteiger partial charge in [-0.05, 0) is 0 Å². The van der Waals surface area contributed by atoms with Crippen molar-refractivity contribution in [3.63, 3.8) is 0 Å². The fraction of sp³-hybridized carbons (Fsp3) is 0.150. The SMILES string of the molecule is CC1(C)c2ccccc2N(c2cccc(F)c2)c2[se]c(C=O)cc21. The number of fused-ring (bicyclic) bond motifs is 2. The van der Waals surface area contributed by atoms with Crippen LogP contribution in [0.1, 0.15) is 34.2 Å². The summed E-state index contributed by atoms with van der Waals surface area (Å²) in [6.07, 6.45) is 0.947. The van der Waals surface area contributed by atoms with Crippen LogP contribution in [-0.2, 0) is 5.41 Å². The zero-order chi connectivity index (χ0) is 16.9. The van der Waals surface area contributed by atoms with Crippen LogP contribution < -0.4 is 4.90 Å². The molecule has 0 bridgehead atoms. The van der Waals surface area contributed by atoms with Gasteiger partial charge in [-0.1, -0.05) is 0 Å². The number of para-hydroxylation sites is 1. The van der Waals surface area contributed by atoms with Crippen LogP contribution in [0.5, 0.6) is 0 Å². The number of anilines is 3. The molecule has 0 aliphatic carbocycles. The number of carbonyl (C=O) groups is 1. The van der Waals surface area contributed by atoms with E-state index in [9.17, 15) is 9.18 Å². The molecular weight excluding hydrogens is 368 g/mol. The van der Waals surface area contributed by atoms with E-state index >= 15 is 0 Å². The van der Waals surface area contributed by atoms with Gasteiger partial charge in [0.05, 0.1) is 0 Å². The van der Waals surface area contributed by atoms with Crippen LogP contribution >= 0.6 is 0 Å². The van der Waals surface area contributed by atoms with Crippen molar-refractivity contribution in [3.8, 4) is 0 Å². The van der Waals surface area contributed by atoms with Crippen molar-refractivity contribution >= 4 is 36.7 Å². The van der Waals surface area contributed by atoms with Gasteiger partial charge >= 0.3 is 146 Å². The van der Waals surface area contributed by atoms with Crippen LogP contribution in [0.4, 0.5) is 20.3 Å². The molecule has 2 nitrogen and oxygen atoms in total. The molecule has 0 amide bonds. The molecule has 120 valence electrons. The Balaban J connectivity index is 2.04. The summed E-state index contributed by atoms with van der Waals surface area (Å²) in [6, 6.07) is 16.9.